The van der Waals surface area contributed by atoms with Gasteiger partial charge in [0, 0.05) is 4.47 Å². The number of aryl methyl sites for hydroxylation is 1. The van der Waals surface area contributed by atoms with E-state index in [1.165, 1.54) is 5.56 Å². The number of hydrogen-bond acceptors (Lipinski definition) is 2. The summed E-state index contributed by atoms with van der Waals surface area (Å²) in [4.78, 5) is 10.5. The van der Waals surface area contributed by atoms with Crippen LogP contribution in [0, 0.1) is 0 Å². The maximum absolute atomic E-state index is 10.5. The second kappa shape index (κ2) is 6.49. The Bertz CT molecular complexity index is 317. The summed E-state index contributed by atoms with van der Waals surface area (Å²) in [5.74, 6) is 1.31. The van der Waals surface area contributed by atoms with Crippen molar-refractivity contribution in [2.75, 3.05) is 11.5 Å². The lowest BCUT2D eigenvalue weighted by molar-refractivity contribution is -0.109. The molecule has 0 unspecified atom stereocenters. The van der Waals surface area contributed by atoms with E-state index in [0.29, 0.717) is 5.75 Å². The molecule has 0 spiro atoms. The maximum atomic E-state index is 10.5. The van der Waals surface area contributed by atoms with Gasteiger partial charge in [-0.15, -0.1) is 0 Å². The van der Waals surface area contributed by atoms with Gasteiger partial charge in [-0.25, -0.2) is 0 Å². The number of hydrogen-bond donors (Lipinski definition) is 0. The molecule has 0 N–H and O–H groups in total. The summed E-state index contributed by atoms with van der Waals surface area (Å²) in [5, 5.41) is -0.276. The first-order valence-corrected chi connectivity index (χ1v) is 6.52. The number of thioether (sulfide) groups is 1. The van der Waals surface area contributed by atoms with Crippen molar-refractivity contribution < 1.29 is 4.79 Å². The zero-order chi connectivity index (χ0) is 10.4. The maximum Gasteiger partial charge on any atom is 0.231 e. The van der Waals surface area contributed by atoms with Crippen LogP contribution in [0.2, 0.25) is 0 Å². The number of benzene rings is 1. The second-order valence-electron chi connectivity index (χ2n) is 2.75. The molecule has 0 saturated heterocycles. The molecule has 4 heteroatoms. The Hall–Kier alpha value is 0.01000. The molecule has 0 aliphatic carbocycles. The summed E-state index contributed by atoms with van der Waals surface area (Å²) in [5.41, 5.74) is 1.27. The zero-order valence-electron chi connectivity index (χ0n) is 7.50. The minimum atomic E-state index is -0.276. The molecule has 0 aliphatic rings. The lowest BCUT2D eigenvalue weighted by Gasteiger charge is -2.02. The fourth-order valence-corrected chi connectivity index (χ4v) is 2.42. The van der Waals surface area contributed by atoms with Crippen molar-refractivity contribution >= 4 is 44.5 Å². The molecule has 0 aromatic heterocycles. The van der Waals surface area contributed by atoms with Crippen molar-refractivity contribution in [3.8, 4) is 0 Å². The van der Waals surface area contributed by atoms with Crippen LogP contribution in [0.4, 0.5) is 0 Å². The minimum absolute atomic E-state index is 0.276. The van der Waals surface area contributed by atoms with E-state index < -0.39 is 0 Å². The average molecular weight is 294 g/mol. The fraction of sp³-hybridized carbons (Fsp3) is 0.300. The monoisotopic (exact) mass is 292 g/mol. The predicted octanol–water partition coefficient (Wildman–Crippen LogP) is 3.49. The SMILES string of the molecule is O=C(Cl)CSCCc1ccccc1Br. The van der Waals surface area contributed by atoms with Gasteiger partial charge in [0.1, 0.15) is 0 Å². The molecular weight excluding hydrogens is 284 g/mol. The van der Waals surface area contributed by atoms with Gasteiger partial charge in [0.15, 0.2) is 0 Å². The highest BCUT2D eigenvalue weighted by molar-refractivity contribution is 9.10. The number of carbonyl (C=O) groups excluding carboxylic acids is 1. The van der Waals surface area contributed by atoms with Gasteiger partial charge in [0.05, 0.1) is 5.75 Å². The molecule has 0 fully saturated rings. The number of carbonyl (C=O) groups is 1. The number of rotatable bonds is 5. The quantitative estimate of drug-likeness (QED) is 0.610. The van der Waals surface area contributed by atoms with Crippen LogP contribution in [0.1, 0.15) is 5.56 Å². The molecule has 1 aromatic carbocycles. The predicted molar refractivity (Wildman–Crippen MR) is 66.0 cm³/mol. The largest absolute Gasteiger partial charge is 0.280 e. The summed E-state index contributed by atoms with van der Waals surface area (Å²) in [6, 6.07) is 8.10. The van der Waals surface area contributed by atoms with Crippen LogP contribution in [0.5, 0.6) is 0 Å². The molecule has 76 valence electrons. The van der Waals surface area contributed by atoms with Gasteiger partial charge >= 0.3 is 0 Å². The Balaban J connectivity index is 2.31. The van der Waals surface area contributed by atoms with E-state index in [1.807, 2.05) is 18.2 Å². The molecule has 0 atom stereocenters. The molecule has 0 aliphatic heterocycles. The van der Waals surface area contributed by atoms with Gasteiger partial charge in [-0.1, -0.05) is 34.1 Å². The lowest BCUT2D eigenvalue weighted by Crippen LogP contribution is -1.95. The van der Waals surface area contributed by atoms with Crippen molar-refractivity contribution in [1.82, 2.24) is 0 Å². The average Bonchev–Trinajstić information content (AvgIpc) is 2.15. The van der Waals surface area contributed by atoms with Crippen molar-refractivity contribution in [1.29, 1.82) is 0 Å². The Morgan fingerprint density at radius 1 is 1.43 bits per heavy atom. The summed E-state index contributed by atoms with van der Waals surface area (Å²) in [6.07, 6.45) is 0.955. The summed E-state index contributed by atoms with van der Waals surface area (Å²) in [6.45, 7) is 0. The summed E-state index contributed by atoms with van der Waals surface area (Å²) >= 11 is 10.3. The highest BCUT2D eigenvalue weighted by Gasteiger charge is 2.00. The van der Waals surface area contributed by atoms with E-state index >= 15 is 0 Å². The minimum Gasteiger partial charge on any atom is -0.280 e. The van der Waals surface area contributed by atoms with Crippen LogP contribution >= 0.6 is 39.3 Å². The zero-order valence-corrected chi connectivity index (χ0v) is 10.7. The van der Waals surface area contributed by atoms with E-state index in [9.17, 15) is 4.79 Å². The van der Waals surface area contributed by atoms with Crippen molar-refractivity contribution in [3.05, 3.63) is 34.3 Å². The highest BCUT2D eigenvalue weighted by Crippen LogP contribution is 2.18. The third-order valence-electron chi connectivity index (χ3n) is 1.69. The Morgan fingerprint density at radius 2 is 2.14 bits per heavy atom. The van der Waals surface area contributed by atoms with E-state index in [-0.39, 0.29) is 5.24 Å². The van der Waals surface area contributed by atoms with Crippen molar-refractivity contribution in [3.63, 3.8) is 0 Å². The van der Waals surface area contributed by atoms with Gasteiger partial charge in [0.2, 0.25) is 5.24 Å². The van der Waals surface area contributed by atoms with Crippen LogP contribution in [0.15, 0.2) is 28.7 Å². The van der Waals surface area contributed by atoms with Crippen molar-refractivity contribution in [2.24, 2.45) is 0 Å². The molecule has 14 heavy (non-hydrogen) atoms. The highest BCUT2D eigenvalue weighted by atomic mass is 79.9. The van der Waals surface area contributed by atoms with Crippen LogP contribution in [0.3, 0.4) is 0 Å². The molecule has 1 aromatic rings. The summed E-state index contributed by atoms with van der Waals surface area (Å²) in [7, 11) is 0. The van der Waals surface area contributed by atoms with Crippen LogP contribution in [-0.2, 0) is 11.2 Å². The Labute approximate surface area is 101 Å². The van der Waals surface area contributed by atoms with E-state index in [0.717, 1.165) is 16.6 Å². The van der Waals surface area contributed by atoms with Crippen LogP contribution < -0.4 is 0 Å². The van der Waals surface area contributed by atoms with E-state index in [2.05, 4.69) is 22.0 Å². The first-order valence-electron chi connectivity index (χ1n) is 4.19. The topological polar surface area (TPSA) is 17.1 Å². The molecule has 0 bridgehead atoms. The van der Waals surface area contributed by atoms with Crippen LogP contribution in [0.25, 0.3) is 0 Å². The molecule has 0 saturated carbocycles. The molecule has 1 rings (SSSR count). The molecule has 0 heterocycles. The summed E-state index contributed by atoms with van der Waals surface area (Å²) < 4.78 is 1.12. The van der Waals surface area contributed by atoms with Crippen molar-refractivity contribution in [2.45, 2.75) is 6.42 Å². The van der Waals surface area contributed by atoms with Gasteiger partial charge < -0.3 is 0 Å². The first-order chi connectivity index (χ1) is 6.70. The Morgan fingerprint density at radius 3 is 2.79 bits per heavy atom. The van der Waals surface area contributed by atoms with Gasteiger partial charge in [-0.05, 0) is 35.4 Å². The van der Waals surface area contributed by atoms with E-state index in [4.69, 9.17) is 11.6 Å². The normalized spacial score (nSPS) is 10.1. The van der Waals surface area contributed by atoms with E-state index in [1.54, 1.807) is 11.8 Å². The fourth-order valence-electron chi connectivity index (χ4n) is 1.04. The second-order valence-corrected chi connectivity index (χ2v) is 5.13. The molecule has 0 amide bonds. The first kappa shape index (κ1) is 12.1. The molecular formula is C10H10BrClOS. The Kier molecular flexibility index (Phi) is 5.60. The standard InChI is InChI=1S/C10H10BrClOS/c11-9-4-2-1-3-8(9)5-6-14-7-10(12)13/h1-4H,5-7H2. The van der Waals surface area contributed by atoms with Gasteiger partial charge in [-0.2, -0.15) is 11.8 Å². The third-order valence-corrected chi connectivity index (χ3v) is 3.71. The molecule has 0 radical (unpaired) electrons. The molecule has 1 nitrogen and oxygen atoms in total. The number of halogens is 2. The third kappa shape index (κ3) is 4.49. The van der Waals surface area contributed by atoms with Crippen LogP contribution in [-0.4, -0.2) is 16.7 Å². The van der Waals surface area contributed by atoms with Gasteiger partial charge in [0.25, 0.3) is 0 Å². The smallest absolute Gasteiger partial charge is 0.231 e. The van der Waals surface area contributed by atoms with Gasteiger partial charge in [-0.3, -0.25) is 4.79 Å². The lowest BCUT2D eigenvalue weighted by atomic mass is 10.2.